The molecule has 0 unspecified atom stereocenters. The number of methoxy groups -OCH3 is 1. The zero-order valence-electron chi connectivity index (χ0n) is 14.1. The molecule has 0 aliphatic carbocycles. The molecule has 4 rings (SSSR count). The summed E-state index contributed by atoms with van der Waals surface area (Å²) in [6, 6.07) is 13.2. The average Bonchev–Trinajstić information content (AvgIpc) is 3.36. The first-order chi connectivity index (χ1) is 13.2. The van der Waals surface area contributed by atoms with Gasteiger partial charge in [-0.05, 0) is 36.4 Å². The predicted molar refractivity (Wildman–Crippen MR) is 95.5 cm³/mol. The topological polar surface area (TPSA) is 87.1 Å². The molecule has 2 aromatic heterocycles. The van der Waals surface area contributed by atoms with Crippen LogP contribution in [0.5, 0.6) is 5.75 Å². The highest BCUT2D eigenvalue weighted by Crippen LogP contribution is 2.31. The zero-order valence-corrected chi connectivity index (χ0v) is 14.9. The molecule has 4 aromatic rings. The van der Waals surface area contributed by atoms with E-state index in [9.17, 15) is 4.39 Å². The molecule has 0 atom stereocenters. The first kappa shape index (κ1) is 17.2. The van der Waals surface area contributed by atoms with Gasteiger partial charge < -0.3 is 13.7 Å². The minimum Gasteiger partial charge on any atom is -0.496 e. The maximum atomic E-state index is 13.0. The average molecular weight is 384 g/mol. The number of nitrogens with zero attached hydrogens (tertiary/aromatic N) is 4. The van der Waals surface area contributed by atoms with Crippen molar-refractivity contribution < 1.29 is 18.1 Å². The highest BCUT2D eigenvalue weighted by Gasteiger charge is 2.15. The Morgan fingerprint density at radius 2 is 1.85 bits per heavy atom. The summed E-state index contributed by atoms with van der Waals surface area (Å²) in [6.07, 6.45) is 0. The van der Waals surface area contributed by atoms with Crippen LogP contribution in [0.25, 0.3) is 22.9 Å². The second-order valence-corrected chi connectivity index (χ2v) is 6.31. The maximum Gasteiger partial charge on any atom is 0.277 e. The van der Waals surface area contributed by atoms with Crippen molar-refractivity contribution in [2.75, 3.05) is 7.11 Å². The standard InChI is InChI=1S/C18H13FN4O3S/c1-24-14-5-3-2-4-13(14)17-21-22-18(25-17)27-10-15-20-16(26-23-15)11-6-8-12(19)9-7-11/h2-9H,10H2,1H3. The lowest BCUT2D eigenvalue weighted by Gasteiger charge is -2.03. The van der Waals surface area contributed by atoms with Gasteiger partial charge in [-0.1, -0.05) is 29.1 Å². The minimum atomic E-state index is -0.323. The van der Waals surface area contributed by atoms with Crippen LogP contribution in [-0.2, 0) is 5.75 Å². The molecule has 27 heavy (non-hydrogen) atoms. The van der Waals surface area contributed by atoms with Crippen LogP contribution in [0.15, 0.2) is 62.7 Å². The van der Waals surface area contributed by atoms with Gasteiger partial charge in [0.15, 0.2) is 5.82 Å². The Balaban J connectivity index is 1.44. The number of halogens is 1. The maximum absolute atomic E-state index is 13.0. The molecule has 2 heterocycles. The van der Waals surface area contributed by atoms with Gasteiger partial charge in [0.2, 0.25) is 0 Å². The van der Waals surface area contributed by atoms with Crippen LogP contribution in [-0.4, -0.2) is 27.4 Å². The molecule has 0 amide bonds. The number of benzene rings is 2. The van der Waals surface area contributed by atoms with E-state index in [2.05, 4.69) is 20.3 Å². The molecule has 7 nitrogen and oxygen atoms in total. The molecular weight excluding hydrogens is 371 g/mol. The van der Waals surface area contributed by atoms with Crippen LogP contribution in [0.3, 0.4) is 0 Å². The van der Waals surface area contributed by atoms with Gasteiger partial charge in [-0.25, -0.2) is 4.39 Å². The van der Waals surface area contributed by atoms with E-state index in [0.717, 1.165) is 5.56 Å². The molecule has 0 N–H and O–H groups in total. The van der Waals surface area contributed by atoms with Crippen molar-refractivity contribution >= 4 is 11.8 Å². The smallest absolute Gasteiger partial charge is 0.277 e. The van der Waals surface area contributed by atoms with E-state index in [1.807, 2.05) is 24.3 Å². The third-order valence-electron chi connectivity index (χ3n) is 3.63. The third kappa shape index (κ3) is 3.82. The summed E-state index contributed by atoms with van der Waals surface area (Å²) in [7, 11) is 1.58. The number of para-hydroxylation sites is 1. The van der Waals surface area contributed by atoms with E-state index >= 15 is 0 Å². The van der Waals surface area contributed by atoms with Crippen LogP contribution in [0, 0.1) is 5.82 Å². The van der Waals surface area contributed by atoms with E-state index in [-0.39, 0.29) is 5.82 Å². The Morgan fingerprint density at radius 3 is 2.67 bits per heavy atom. The number of thioether (sulfide) groups is 1. The molecule has 0 bridgehead atoms. The number of ether oxygens (including phenoxy) is 1. The van der Waals surface area contributed by atoms with Crippen molar-refractivity contribution in [1.29, 1.82) is 0 Å². The molecule has 2 aromatic carbocycles. The minimum absolute atomic E-state index is 0.323. The van der Waals surface area contributed by atoms with Gasteiger partial charge in [0.1, 0.15) is 11.6 Å². The number of hydrogen-bond donors (Lipinski definition) is 0. The van der Waals surface area contributed by atoms with Gasteiger partial charge >= 0.3 is 0 Å². The van der Waals surface area contributed by atoms with Gasteiger partial charge in [-0.3, -0.25) is 0 Å². The molecule has 136 valence electrons. The third-order valence-corrected chi connectivity index (χ3v) is 4.44. The second-order valence-electron chi connectivity index (χ2n) is 5.38. The first-order valence-corrected chi connectivity index (χ1v) is 8.90. The first-order valence-electron chi connectivity index (χ1n) is 7.91. The van der Waals surface area contributed by atoms with E-state index in [1.165, 1.54) is 23.9 Å². The summed E-state index contributed by atoms with van der Waals surface area (Å²) < 4.78 is 29.2. The summed E-state index contributed by atoms with van der Waals surface area (Å²) in [4.78, 5) is 4.29. The van der Waals surface area contributed by atoms with E-state index < -0.39 is 0 Å². The van der Waals surface area contributed by atoms with Crippen molar-refractivity contribution in [3.05, 3.63) is 60.2 Å². The van der Waals surface area contributed by atoms with E-state index in [0.29, 0.717) is 39.9 Å². The Kier molecular flexibility index (Phi) is 4.84. The van der Waals surface area contributed by atoms with Crippen molar-refractivity contribution in [3.63, 3.8) is 0 Å². The van der Waals surface area contributed by atoms with E-state index in [1.54, 1.807) is 19.2 Å². The molecule has 9 heteroatoms. The quantitative estimate of drug-likeness (QED) is 0.457. The fourth-order valence-corrected chi connectivity index (χ4v) is 2.95. The lowest BCUT2D eigenvalue weighted by molar-refractivity contribution is 0.411. The number of aromatic nitrogens is 4. The zero-order chi connectivity index (χ0) is 18.6. The molecule has 0 aliphatic rings. The summed E-state index contributed by atoms with van der Waals surface area (Å²) in [5, 5.41) is 12.4. The highest BCUT2D eigenvalue weighted by molar-refractivity contribution is 7.98. The Hall–Kier alpha value is -3.20. The largest absolute Gasteiger partial charge is 0.496 e. The number of hydrogen-bond acceptors (Lipinski definition) is 8. The van der Waals surface area contributed by atoms with Gasteiger partial charge in [0.25, 0.3) is 17.0 Å². The lowest BCUT2D eigenvalue weighted by atomic mass is 10.2. The molecule has 0 spiro atoms. The Morgan fingerprint density at radius 1 is 1.04 bits per heavy atom. The van der Waals surface area contributed by atoms with Crippen LogP contribution >= 0.6 is 11.8 Å². The van der Waals surface area contributed by atoms with Gasteiger partial charge in [0, 0.05) is 5.56 Å². The molecular formula is C18H13FN4O3S. The molecule has 0 radical (unpaired) electrons. The molecule has 0 fully saturated rings. The Bertz CT molecular complexity index is 1050. The summed E-state index contributed by atoms with van der Waals surface area (Å²) in [5.74, 6) is 1.88. The van der Waals surface area contributed by atoms with Crippen LogP contribution in [0.1, 0.15) is 5.82 Å². The molecule has 0 aliphatic heterocycles. The van der Waals surface area contributed by atoms with Crippen molar-refractivity contribution in [1.82, 2.24) is 20.3 Å². The Labute approximate surface area is 157 Å². The monoisotopic (exact) mass is 384 g/mol. The SMILES string of the molecule is COc1ccccc1-c1nnc(SCc2noc(-c3ccc(F)cc3)n2)o1. The van der Waals surface area contributed by atoms with E-state index in [4.69, 9.17) is 13.7 Å². The summed E-state index contributed by atoms with van der Waals surface area (Å²) in [5.41, 5.74) is 1.37. The summed E-state index contributed by atoms with van der Waals surface area (Å²) >= 11 is 1.29. The molecule has 0 saturated carbocycles. The highest BCUT2D eigenvalue weighted by atomic mass is 32.2. The van der Waals surface area contributed by atoms with Crippen LogP contribution in [0.2, 0.25) is 0 Å². The van der Waals surface area contributed by atoms with Gasteiger partial charge in [-0.2, -0.15) is 4.98 Å². The van der Waals surface area contributed by atoms with Crippen molar-refractivity contribution in [3.8, 4) is 28.7 Å². The molecule has 0 saturated heterocycles. The summed E-state index contributed by atoms with van der Waals surface area (Å²) in [6.45, 7) is 0. The number of rotatable bonds is 6. The van der Waals surface area contributed by atoms with Gasteiger partial charge in [0.05, 0.1) is 18.4 Å². The normalized spacial score (nSPS) is 10.9. The fraction of sp³-hybridized carbons (Fsp3) is 0.111. The van der Waals surface area contributed by atoms with Crippen LogP contribution < -0.4 is 4.74 Å². The van der Waals surface area contributed by atoms with Crippen LogP contribution in [0.4, 0.5) is 4.39 Å². The van der Waals surface area contributed by atoms with Crippen molar-refractivity contribution in [2.45, 2.75) is 11.0 Å². The lowest BCUT2D eigenvalue weighted by Crippen LogP contribution is -1.87. The van der Waals surface area contributed by atoms with Gasteiger partial charge in [-0.15, -0.1) is 10.2 Å². The second kappa shape index (κ2) is 7.58. The predicted octanol–water partition coefficient (Wildman–Crippen LogP) is 4.23. The van der Waals surface area contributed by atoms with Crippen molar-refractivity contribution in [2.24, 2.45) is 0 Å². The fourth-order valence-electron chi connectivity index (χ4n) is 2.35.